The van der Waals surface area contributed by atoms with E-state index < -0.39 is 11.8 Å². The highest BCUT2D eigenvalue weighted by atomic mass is 127. The normalized spacial score (nSPS) is 9.89. The SMILES string of the molecule is COc1ccc(C(=O)NC(=S)NNC(=O)COc2ccccc2C)cc1I. The summed E-state index contributed by atoms with van der Waals surface area (Å²) in [7, 11) is 1.56. The molecule has 0 spiro atoms. The fraction of sp³-hybridized carbons (Fsp3) is 0.167. The lowest BCUT2D eigenvalue weighted by Crippen LogP contribution is -2.49. The summed E-state index contributed by atoms with van der Waals surface area (Å²) in [6.07, 6.45) is 0. The first-order valence-electron chi connectivity index (χ1n) is 7.83. The minimum absolute atomic E-state index is 0.0323. The summed E-state index contributed by atoms with van der Waals surface area (Å²) in [5, 5.41) is 2.45. The average Bonchev–Trinajstić information content (AvgIpc) is 2.65. The zero-order valence-electron chi connectivity index (χ0n) is 14.7. The molecule has 9 heteroatoms. The molecule has 0 aromatic heterocycles. The molecule has 0 aliphatic rings. The molecule has 0 bridgehead atoms. The van der Waals surface area contributed by atoms with Gasteiger partial charge in [-0.15, -0.1) is 0 Å². The van der Waals surface area contributed by atoms with E-state index in [9.17, 15) is 9.59 Å². The van der Waals surface area contributed by atoms with Crippen LogP contribution in [-0.4, -0.2) is 30.6 Å². The standard InChI is InChI=1S/C18H18IN3O4S/c1-11-5-3-4-6-14(11)26-10-16(23)21-22-18(27)20-17(24)12-7-8-15(25-2)13(19)9-12/h3-9H,10H2,1-2H3,(H,21,23)(H2,20,22,24,27). The van der Waals surface area contributed by atoms with Crippen LogP contribution in [0.1, 0.15) is 15.9 Å². The number of thiocarbonyl (C=S) groups is 1. The van der Waals surface area contributed by atoms with E-state index in [2.05, 4.69) is 38.8 Å². The van der Waals surface area contributed by atoms with Crippen molar-refractivity contribution in [3.8, 4) is 11.5 Å². The van der Waals surface area contributed by atoms with Crippen molar-refractivity contribution in [2.24, 2.45) is 0 Å². The monoisotopic (exact) mass is 499 g/mol. The Hall–Kier alpha value is -2.40. The summed E-state index contributed by atoms with van der Waals surface area (Å²) in [6, 6.07) is 12.4. The van der Waals surface area contributed by atoms with E-state index in [0.717, 1.165) is 9.13 Å². The third-order valence-corrected chi connectivity index (χ3v) is 4.46. The third kappa shape index (κ3) is 6.36. The largest absolute Gasteiger partial charge is 0.496 e. The van der Waals surface area contributed by atoms with Crippen LogP contribution in [0.5, 0.6) is 11.5 Å². The van der Waals surface area contributed by atoms with Gasteiger partial charge in [-0.05, 0) is 71.6 Å². The first-order valence-corrected chi connectivity index (χ1v) is 9.31. The Balaban J connectivity index is 1.78. The number of rotatable bonds is 5. The summed E-state index contributed by atoms with van der Waals surface area (Å²) < 4.78 is 11.4. The Morgan fingerprint density at radius 1 is 1.11 bits per heavy atom. The number of benzene rings is 2. The summed E-state index contributed by atoms with van der Waals surface area (Å²) >= 11 is 7.07. The Morgan fingerprint density at radius 3 is 2.52 bits per heavy atom. The molecule has 0 aliphatic carbocycles. The number of halogens is 1. The first kappa shape index (κ1) is 20.9. The summed E-state index contributed by atoms with van der Waals surface area (Å²) in [5.41, 5.74) is 6.17. The maximum absolute atomic E-state index is 12.2. The van der Waals surface area contributed by atoms with Crippen LogP contribution in [0.3, 0.4) is 0 Å². The molecule has 0 heterocycles. The van der Waals surface area contributed by atoms with E-state index in [0.29, 0.717) is 17.1 Å². The number of hydrogen-bond acceptors (Lipinski definition) is 5. The zero-order chi connectivity index (χ0) is 19.8. The van der Waals surface area contributed by atoms with Crippen molar-refractivity contribution in [3.63, 3.8) is 0 Å². The Labute approximate surface area is 175 Å². The van der Waals surface area contributed by atoms with Gasteiger partial charge in [-0.3, -0.25) is 25.8 Å². The first-order chi connectivity index (χ1) is 12.9. The van der Waals surface area contributed by atoms with E-state index in [-0.39, 0.29) is 11.7 Å². The van der Waals surface area contributed by atoms with Gasteiger partial charge >= 0.3 is 0 Å². The number of methoxy groups -OCH3 is 1. The van der Waals surface area contributed by atoms with Gasteiger partial charge in [0.15, 0.2) is 11.7 Å². The second kappa shape index (κ2) is 10.1. The number of nitrogens with one attached hydrogen (secondary N) is 3. The van der Waals surface area contributed by atoms with Crippen molar-refractivity contribution in [1.29, 1.82) is 0 Å². The summed E-state index contributed by atoms with van der Waals surface area (Å²) in [5.74, 6) is 0.457. The molecular weight excluding hydrogens is 481 g/mol. The highest BCUT2D eigenvalue weighted by Crippen LogP contribution is 2.21. The van der Waals surface area contributed by atoms with Gasteiger partial charge in [0.25, 0.3) is 11.8 Å². The molecule has 0 aliphatic heterocycles. The van der Waals surface area contributed by atoms with Gasteiger partial charge in [0.1, 0.15) is 11.5 Å². The van der Waals surface area contributed by atoms with Gasteiger partial charge in [-0.1, -0.05) is 18.2 Å². The molecule has 2 rings (SSSR count). The smallest absolute Gasteiger partial charge is 0.276 e. The second-order valence-electron chi connectivity index (χ2n) is 5.36. The van der Waals surface area contributed by atoms with Crippen molar-refractivity contribution >= 4 is 51.7 Å². The topological polar surface area (TPSA) is 88.7 Å². The van der Waals surface area contributed by atoms with Gasteiger partial charge < -0.3 is 9.47 Å². The molecule has 0 radical (unpaired) electrons. The summed E-state index contributed by atoms with van der Waals surface area (Å²) in [4.78, 5) is 24.0. The van der Waals surface area contributed by atoms with Gasteiger partial charge in [-0.25, -0.2) is 0 Å². The fourth-order valence-corrected chi connectivity index (χ4v) is 2.92. The molecule has 3 N–H and O–H groups in total. The van der Waals surface area contributed by atoms with Gasteiger partial charge in [0, 0.05) is 5.56 Å². The maximum atomic E-state index is 12.2. The van der Waals surface area contributed by atoms with E-state index in [1.54, 1.807) is 31.4 Å². The van der Waals surface area contributed by atoms with Crippen molar-refractivity contribution in [3.05, 3.63) is 57.2 Å². The van der Waals surface area contributed by atoms with Crippen molar-refractivity contribution in [2.75, 3.05) is 13.7 Å². The lowest BCUT2D eigenvalue weighted by molar-refractivity contribution is -0.123. The molecule has 142 valence electrons. The number of carbonyl (C=O) groups is 2. The van der Waals surface area contributed by atoms with Gasteiger partial charge in [0.05, 0.1) is 10.7 Å². The highest BCUT2D eigenvalue weighted by Gasteiger charge is 2.11. The van der Waals surface area contributed by atoms with Crippen LogP contribution in [0.2, 0.25) is 0 Å². The number of para-hydroxylation sites is 1. The molecular formula is C18H18IN3O4S. The minimum Gasteiger partial charge on any atom is -0.496 e. The predicted molar refractivity (Wildman–Crippen MR) is 114 cm³/mol. The molecule has 27 heavy (non-hydrogen) atoms. The van der Waals surface area contributed by atoms with E-state index >= 15 is 0 Å². The van der Waals surface area contributed by atoms with Gasteiger partial charge in [0.2, 0.25) is 0 Å². The van der Waals surface area contributed by atoms with Crippen molar-refractivity contribution in [1.82, 2.24) is 16.2 Å². The Bertz CT molecular complexity index is 860. The number of hydrazine groups is 1. The lowest BCUT2D eigenvalue weighted by Gasteiger charge is -2.12. The molecule has 0 saturated heterocycles. The van der Waals surface area contributed by atoms with E-state index in [1.807, 2.05) is 25.1 Å². The molecule has 2 aromatic carbocycles. The van der Waals surface area contributed by atoms with Crippen LogP contribution in [0.15, 0.2) is 42.5 Å². The fourth-order valence-electron chi connectivity index (χ4n) is 2.04. The zero-order valence-corrected chi connectivity index (χ0v) is 17.6. The number of carbonyl (C=O) groups excluding carboxylic acids is 2. The maximum Gasteiger partial charge on any atom is 0.276 e. The minimum atomic E-state index is -0.436. The number of hydrogen-bond donors (Lipinski definition) is 3. The Morgan fingerprint density at radius 2 is 1.85 bits per heavy atom. The molecule has 0 saturated carbocycles. The molecule has 0 atom stereocenters. The van der Waals surface area contributed by atoms with E-state index in [4.69, 9.17) is 21.7 Å². The second-order valence-corrected chi connectivity index (χ2v) is 6.93. The molecule has 2 amide bonds. The Kier molecular flexibility index (Phi) is 7.80. The van der Waals surface area contributed by atoms with Crippen molar-refractivity contribution < 1.29 is 19.1 Å². The quantitative estimate of drug-likeness (QED) is 0.333. The number of aryl methyl sites for hydroxylation is 1. The molecule has 0 fully saturated rings. The molecule has 0 unspecified atom stereocenters. The number of amides is 2. The van der Waals surface area contributed by atoms with Crippen LogP contribution in [-0.2, 0) is 4.79 Å². The summed E-state index contributed by atoms with van der Waals surface area (Å²) in [6.45, 7) is 1.70. The lowest BCUT2D eigenvalue weighted by atomic mass is 10.2. The van der Waals surface area contributed by atoms with E-state index in [1.165, 1.54) is 0 Å². The van der Waals surface area contributed by atoms with Crippen LogP contribution < -0.4 is 25.6 Å². The van der Waals surface area contributed by atoms with Crippen LogP contribution in [0.4, 0.5) is 0 Å². The average molecular weight is 499 g/mol. The van der Waals surface area contributed by atoms with Gasteiger partial charge in [-0.2, -0.15) is 0 Å². The molecule has 2 aromatic rings. The number of ether oxygens (including phenoxy) is 2. The third-order valence-electron chi connectivity index (χ3n) is 3.41. The van der Waals surface area contributed by atoms with Crippen LogP contribution >= 0.6 is 34.8 Å². The van der Waals surface area contributed by atoms with Crippen LogP contribution in [0.25, 0.3) is 0 Å². The highest BCUT2D eigenvalue weighted by molar-refractivity contribution is 14.1. The van der Waals surface area contributed by atoms with Crippen molar-refractivity contribution in [2.45, 2.75) is 6.92 Å². The van der Waals surface area contributed by atoms with Crippen LogP contribution in [0, 0.1) is 10.5 Å². The predicted octanol–water partition coefficient (Wildman–Crippen LogP) is 2.32. The molecule has 7 nitrogen and oxygen atoms in total.